The average molecular weight is 486 g/mol. The summed E-state index contributed by atoms with van der Waals surface area (Å²) in [6, 6.07) is 10.2. The van der Waals surface area contributed by atoms with Crippen molar-refractivity contribution in [2.75, 3.05) is 24.4 Å². The van der Waals surface area contributed by atoms with Crippen LogP contribution in [-0.4, -0.2) is 44.8 Å². The topological polar surface area (TPSA) is 95.6 Å². The number of anilines is 1. The van der Waals surface area contributed by atoms with E-state index in [-0.39, 0.29) is 22.6 Å². The van der Waals surface area contributed by atoms with Crippen LogP contribution in [0.4, 0.5) is 5.69 Å². The van der Waals surface area contributed by atoms with Gasteiger partial charge in [-0.15, -0.1) is 0 Å². The SMILES string of the molecule is Cc1cc(C)c(S(=O)(=O)Nc2ccc(C(=O)N3CCC(C(=O)NCC(C)C)CC3)cc2)c(C)c1. The Morgan fingerprint density at radius 2 is 1.56 bits per heavy atom. The van der Waals surface area contributed by atoms with Gasteiger partial charge in [0.05, 0.1) is 4.90 Å². The first-order valence-corrected chi connectivity index (χ1v) is 13.2. The molecule has 0 atom stereocenters. The van der Waals surface area contributed by atoms with Crippen molar-refractivity contribution in [1.82, 2.24) is 10.2 Å². The van der Waals surface area contributed by atoms with Gasteiger partial charge in [0, 0.05) is 36.8 Å². The molecule has 2 amide bonds. The van der Waals surface area contributed by atoms with E-state index in [1.807, 2.05) is 19.1 Å². The minimum absolute atomic E-state index is 0.0618. The summed E-state index contributed by atoms with van der Waals surface area (Å²) >= 11 is 0. The van der Waals surface area contributed by atoms with Crippen molar-refractivity contribution in [1.29, 1.82) is 0 Å². The van der Waals surface area contributed by atoms with E-state index >= 15 is 0 Å². The van der Waals surface area contributed by atoms with Crippen LogP contribution in [0.5, 0.6) is 0 Å². The lowest BCUT2D eigenvalue weighted by Gasteiger charge is -2.31. The van der Waals surface area contributed by atoms with E-state index in [0.29, 0.717) is 60.8 Å². The molecule has 0 radical (unpaired) electrons. The van der Waals surface area contributed by atoms with E-state index in [2.05, 4.69) is 23.9 Å². The van der Waals surface area contributed by atoms with Crippen LogP contribution >= 0.6 is 0 Å². The van der Waals surface area contributed by atoms with Crippen LogP contribution in [0, 0.1) is 32.6 Å². The fourth-order valence-electron chi connectivity index (χ4n) is 4.45. The predicted molar refractivity (Wildman–Crippen MR) is 134 cm³/mol. The van der Waals surface area contributed by atoms with Crippen LogP contribution in [0.2, 0.25) is 0 Å². The molecule has 34 heavy (non-hydrogen) atoms. The van der Waals surface area contributed by atoms with Gasteiger partial charge in [-0.05, 0) is 74.9 Å². The molecule has 0 saturated carbocycles. The number of rotatable bonds is 7. The minimum Gasteiger partial charge on any atom is -0.356 e. The second-order valence-electron chi connectivity index (χ2n) is 9.62. The summed E-state index contributed by atoms with van der Waals surface area (Å²) in [5.74, 6) is 0.299. The summed E-state index contributed by atoms with van der Waals surface area (Å²) in [6.45, 7) is 11.3. The van der Waals surface area contributed by atoms with Crippen LogP contribution in [0.1, 0.15) is 53.7 Å². The normalized spacial score (nSPS) is 14.8. The van der Waals surface area contributed by atoms with Crippen molar-refractivity contribution in [3.05, 3.63) is 58.7 Å². The van der Waals surface area contributed by atoms with E-state index in [9.17, 15) is 18.0 Å². The highest BCUT2D eigenvalue weighted by atomic mass is 32.2. The summed E-state index contributed by atoms with van der Waals surface area (Å²) in [7, 11) is -3.75. The van der Waals surface area contributed by atoms with Gasteiger partial charge in [-0.2, -0.15) is 0 Å². The molecule has 0 aromatic heterocycles. The quantitative estimate of drug-likeness (QED) is 0.619. The molecule has 0 aliphatic carbocycles. The number of nitrogens with zero attached hydrogens (tertiary/aromatic N) is 1. The maximum Gasteiger partial charge on any atom is 0.262 e. The smallest absolute Gasteiger partial charge is 0.262 e. The highest BCUT2D eigenvalue weighted by Gasteiger charge is 2.28. The highest BCUT2D eigenvalue weighted by Crippen LogP contribution is 2.25. The third kappa shape index (κ3) is 6.17. The van der Waals surface area contributed by atoms with Crippen LogP contribution in [-0.2, 0) is 14.8 Å². The monoisotopic (exact) mass is 485 g/mol. The number of likely N-dealkylation sites (tertiary alicyclic amines) is 1. The maximum absolute atomic E-state index is 13.0. The number of carbonyl (C=O) groups excluding carboxylic acids is 2. The standard InChI is InChI=1S/C26H35N3O4S/c1-17(2)16-27-25(30)21-10-12-29(13-11-21)26(31)22-6-8-23(9-7-22)28-34(32,33)24-19(4)14-18(3)15-20(24)5/h6-9,14-15,17,21,28H,10-13,16H2,1-5H3,(H,27,30). The molecule has 1 fully saturated rings. The van der Waals surface area contributed by atoms with Crippen LogP contribution in [0.25, 0.3) is 0 Å². The summed E-state index contributed by atoms with van der Waals surface area (Å²) in [4.78, 5) is 27.2. The number of amides is 2. The molecule has 2 aromatic carbocycles. The van der Waals surface area contributed by atoms with Crippen molar-refractivity contribution in [2.24, 2.45) is 11.8 Å². The zero-order valence-electron chi connectivity index (χ0n) is 20.6. The van der Waals surface area contributed by atoms with E-state index in [4.69, 9.17) is 0 Å². The zero-order chi connectivity index (χ0) is 25.0. The molecule has 0 bridgehead atoms. The second kappa shape index (κ2) is 10.6. The van der Waals surface area contributed by atoms with Gasteiger partial charge in [0.2, 0.25) is 5.91 Å². The number of nitrogens with one attached hydrogen (secondary N) is 2. The van der Waals surface area contributed by atoms with Gasteiger partial charge in [-0.3, -0.25) is 14.3 Å². The van der Waals surface area contributed by atoms with E-state index in [1.165, 1.54) is 0 Å². The minimum atomic E-state index is -3.75. The molecule has 0 spiro atoms. The third-order valence-electron chi connectivity index (χ3n) is 6.09. The molecule has 8 heteroatoms. The predicted octanol–water partition coefficient (Wildman–Crippen LogP) is 4.04. The average Bonchev–Trinajstić information content (AvgIpc) is 2.76. The lowest BCUT2D eigenvalue weighted by molar-refractivity contribution is -0.126. The Kier molecular flexibility index (Phi) is 8.02. The Morgan fingerprint density at radius 3 is 2.09 bits per heavy atom. The molecule has 1 aliphatic rings. The maximum atomic E-state index is 13.0. The second-order valence-corrected chi connectivity index (χ2v) is 11.2. The molecule has 184 valence electrons. The number of hydrogen-bond donors (Lipinski definition) is 2. The van der Waals surface area contributed by atoms with Crippen LogP contribution in [0.15, 0.2) is 41.3 Å². The van der Waals surface area contributed by atoms with Crippen LogP contribution in [0.3, 0.4) is 0 Å². The van der Waals surface area contributed by atoms with Crippen molar-refractivity contribution in [3.8, 4) is 0 Å². The van der Waals surface area contributed by atoms with Gasteiger partial charge in [-0.1, -0.05) is 31.5 Å². The van der Waals surface area contributed by atoms with Crippen LogP contribution < -0.4 is 10.0 Å². The van der Waals surface area contributed by atoms with E-state index in [0.717, 1.165) is 5.56 Å². The third-order valence-corrected chi connectivity index (χ3v) is 7.78. The number of piperidine rings is 1. The molecule has 7 nitrogen and oxygen atoms in total. The largest absolute Gasteiger partial charge is 0.356 e. The summed E-state index contributed by atoms with van der Waals surface area (Å²) in [5, 5.41) is 2.98. The summed E-state index contributed by atoms with van der Waals surface area (Å²) in [6.07, 6.45) is 1.28. The molecular formula is C26H35N3O4S. The first-order valence-electron chi connectivity index (χ1n) is 11.8. The first kappa shape index (κ1) is 25.7. The first-order chi connectivity index (χ1) is 16.0. The molecule has 2 N–H and O–H groups in total. The zero-order valence-corrected chi connectivity index (χ0v) is 21.5. The Labute approximate surface area is 203 Å². The number of aryl methyl sites for hydroxylation is 3. The summed E-state index contributed by atoms with van der Waals surface area (Å²) < 4.78 is 28.6. The molecule has 1 saturated heterocycles. The van der Waals surface area contributed by atoms with Crippen molar-refractivity contribution in [3.63, 3.8) is 0 Å². The fourth-order valence-corrected chi connectivity index (χ4v) is 5.97. The van der Waals surface area contributed by atoms with Crippen molar-refractivity contribution < 1.29 is 18.0 Å². The molecule has 1 heterocycles. The van der Waals surface area contributed by atoms with Crippen molar-refractivity contribution in [2.45, 2.75) is 52.4 Å². The van der Waals surface area contributed by atoms with E-state index < -0.39 is 10.0 Å². The van der Waals surface area contributed by atoms with E-state index in [1.54, 1.807) is 43.0 Å². The molecule has 3 rings (SSSR count). The van der Waals surface area contributed by atoms with Gasteiger partial charge in [0.15, 0.2) is 0 Å². The van der Waals surface area contributed by atoms with Gasteiger partial charge in [-0.25, -0.2) is 8.42 Å². The number of hydrogen-bond acceptors (Lipinski definition) is 4. The number of sulfonamides is 1. The molecule has 0 unspecified atom stereocenters. The Morgan fingerprint density at radius 1 is 1.00 bits per heavy atom. The Hall–Kier alpha value is -2.87. The van der Waals surface area contributed by atoms with Gasteiger partial charge < -0.3 is 10.2 Å². The lowest BCUT2D eigenvalue weighted by atomic mass is 9.95. The fraction of sp³-hybridized carbons (Fsp3) is 0.462. The van der Waals surface area contributed by atoms with Gasteiger partial charge in [0.25, 0.3) is 15.9 Å². The van der Waals surface area contributed by atoms with Crippen molar-refractivity contribution >= 4 is 27.5 Å². The van der Waals surface area contributed by atoms with Gasteiger partial charge in [0.1, 0.15) is 0 Å². The molecular weight excluding hydrogens is 450 g/mol. The Balaban J connectivity index is 1.62. The highest BCUT2D eigenvalue weighted by molar-refractivity contribution is 7.92. The molecule has 1 aliphatic heterocycles. The molecule has 2 aromatic rings. The van der Waals surface area contributed by atoms with Gasteiger partial charge >= 0.3 is 0 Å². The lowest BCUT2D eigenvalue weighted by Crippen LogP contribution is -2.43. The number of benzene rings is 2. The number of carbonyl (C=O) groups is 2. The Bertz CT molecular complexity index is 1130. The summed E-state index contributed by atoms with van der Waals surface area (Å²) in [5.41, 5.74) is 3.29.